The predicted octanol–water partition coefficient (Wildman–Crippen LogP) is -0.260. The molecular formula is C12H16N2O4S. The van der Waals surface area contributed by atoms with Crippen LogP contribution in [0.3, 0.4) is 0 Å². The Morgan fingerprint density at radius 1 is 1.47 bits per heavy atom. The molecular weight excluding hydrogens is 268 g/mol. The summed E-state index contributed by atoms with van der Waals surface area (Å²) in [6.07, 6.45) is 3.06. The topological polar surface area (TPSA) is 88.5 Å². The summed E-state index contributed by atoms with van der Waals surface area (Å²) in [6.45, 7) is 0.457. The van der Waals surface area contributed by atoms with Crippen LogP contribution in [-0.4, -0.2) is 45.4 Å². The SMILES string of the molecule is COCCNS(=O)(=O)c1cncc(C#CCCO)c1. The van der Waals surface area contributed by atoms with Crippen molar-refractivity contribution in [1.82, 2.24) is 9.71 Å². The average molecular weight is 284 g/mol. The van der Waals surface area contributed by atoms with E-state index in [1.54, 1.807) is 0 Å². The van der Waals surface area contributed by atoms with Crippen LogP contribution in [-0.2, 0) is 14.8 Å². The summed E-state index contributed by atoms with van der Waals surface area (Å²) in [5.74, 6) is 5.44. The number of pyridine rings is 1. The maximum atomic E-state index is 11.9. The van der Waals surface area contributed by atoms with Gasteiger partial charge in [0.1, 0.15) is 4.90 Å². The average Bonchev–Trinajstić information content (AvgIpc) is 2.40. The zero-order valence-electron chi connectivity index (χ0n) is 10.6. The number of nitrogens with one attached hydrogen (secondary N) is 1. The van der Waals surface area contributed by atoms with Crippen molar-refractivity contribution in [3.63, 3.8) is 0 Å². The van der Waals surface area contributed by atoms with Gasteiger partial charge in [-0.15, -0.1) is 0 Å². The highest BCUT2D eigenvalue weighted by molar-refractivity contribution is 7.89. The second kappa shape index (κ2) is 7.86. The van der Waals surface area contributed by atoms with Crippen molar-refractivity contribution in [2.75, 3.05) is 26.9 Å². The van der Waals surface area contributed by atoms with Crippen molar-refractivity contribution in [2.45, 2.75) is 11.3 Å². The molecule has 1 rings (SSSR count). The molecule has 0 amide bonds. The summed E-state index contributed by atoms with van der Waals surface area (Å²) in [4.78, 5) is 3.90. The summed E-state index contributed by atoms with van der Waals surface area (Å²) in [7, 11) is -2.10. The quantitative estimate of drug-likeness (QED) is 0.555. The van der Waals surface area contributed by atoms with E-state index in [1.807, 2.05) is 0 Å². The minimum absolute atomic E-state index is 0.0308. The van der Waals surface area contributed by atoms with Crippen LogP contribution in [0.5, 0.6) is 0 Å². The predicted molar refractivity (Wildman–Crippen MR) is 69.9 cm³/mol. The van der Waals surface area contributed by atoms with Crippen LogP contribution < -0.4 is 4.72 Å². The van der Waals surface area contributed by atoms with Gasteiger partial charge in [-0.3, -0.25) is 4.98 Å². The second-order valence-electron chi connectivity index (χ2n) is 3.58. The second-order valence-corrected chi connectivity index (χ2v) is 5.34. The van der Waals surface area contributed by atoms with Gasteiger partial charge in [-0.1, -0.05) is 11.8 Å². The number of methoxy groups -OCH3 is 1. The molecule has 0 aliphatic heterocycles. The molecule has 0 bridgehead atoms. The van der Waals surface area contributed by atoms with Gasteiger partial charge in [-0.05, 0) is 6.07 Å². The van der Waals surface area contributed by atoms with Gasteiger partial charge in [0.05, 0.1) is 13.2 Å². The highest BCUT2D eigenvalue weighted by Crippen LogP contribution is 2.08. The fourth-order valence-electron chi connectivity index (χ4n) is 1.22. The van der Waals surface area contributed by atoms with E-state index in [-0.39, 0.29) is 18.0 Å². The van der Waals surface area contributed by atoms with Gasteiger partial charge in [0.2, 0.25) is 10.0 Å². The van der Waals surface area contributed by atoms with Crippen LogP contribution in [0.4, 0.5) is 0 Å². The van der Waals surface area contributed by atoms with E-state index in [0.29, 0.717) is 18.6 Å². The molecule has 1 heterocycles. The van der Waals surface area contributed by atoms with Crippen molar-refractivity contribution < 1.29 is 18.3 Å². The van der Waals surface area contributed by atoms with Crippen LogP contribution in [0.25, 0.3) is 0 Å². The molecule has 6 nitrogen and oxygen atoms in total. The number of aromatic nitrogens is 1. The summed E-state index contributed by atoms with van der Waals surface area (Å²) in [5.41, 5.74) is 0.489. The molecule has 0 spiro atoms. The molecule has 1 aromatic heterocycles. The standard InChI is InChI=1S/C12H16N2O4S/c1-18-7-5-14-19(16,17)12-8-11(9-13-10-12)4-2-3-6-15/h8-10,14-15H,3,5-7H2,1H3. The number of hydrogen-bond acceptors (Lipinski definition) is 5. The molecule has 0 radical (unpaired) electrons. The molecule has 0 aromatic carbocycles. The Balaban J connectivity index is 2.84. The number of nitrogens with zero attached hydrogens (tertiary/aromatic N) is 1. The lowest BCUT2D eigenvalue weighted by molar-refractivity contribution is 0.204. The van der Waals surface area contributed by atoms with E-state index in [2.05, 4.69) is 21.5 Å². The first-order valence-corrected chi connectivity index (χ1v) is 7.12. The molecule has 104 valence electrons. The van der Waals surface area contributed by atoms with E-state index >= 15 is 0 Å². The maximum Gasteiger partial charge on any atom is 0.242 e. The Labute approximate surface area is 112 Å². The number of aliphatic hydroxyl groups is 1. The molecule has 2 N–H and O–H groups in total. The first-order chi connectivity index (χ1) is 9.10. The molecule has 0 saturated heterocycles. The van der Waals surface area contributed by atoms with E-state index in [9.17, 15) is 8.42 Å². The fraction of sp³-hybridized carbons (Fsp3) is 0.417. The fourth-order valence-corrected chi connectivity index (χ4v) is 2.22. The maximum absolute atomic E-state index is 11.9. The third-order valence-corrected chi connectivity index (χ3v) is 3.52. The van der Waals surface area contributed by atoms with Gasteiger partial charge in [0, 0.05) is 38.0 Å². The highest BCUT2D eigenvalue weighted by Gasteiger charge is 2.13. The van der Waals surface area contributed by atoms with Crippen molar-refractivity contribution >= 4 is 10.0 Å². The zero-order valence-corrected chi connectivity index (χ0v) is 11.4. The molecule has 19 heavy (non-hydrogen) atoms. The van der Waals surface area contributed by atoms with Crippen LogP contribution >= 0.6 is 0 Å². The smallest absolute Gasteiger partial charge is 0.242 e. The zero-order chi connectivity index (χ0) is 14.1. The Morgan fingerprint density at radius 3 is 2.95 bits per heavy atom. The Morgan fingerprint density at radius 2 is 2.26 bits per heavy atom. The third kappa shape index (κ3) is 5.36. The van der Waals surface area contributed by atoms with Gasteiger partial charge < -0.3 is 9.84 Å². The monoisotopic (exact) mass is 284 g/mol. The van der Waals surface area contributed by atoms with Crippen LogP contribution in [0.1, 0.15) is 12.0 Å². The van der Waals surface area contributed by atoms with Crippen LogP contribution in [0.2, 0.25) is 0 Å². The van der Waals surface area contributed by atoms with E-state index in [1.165, 1.54) is 25.6 Å². The molecule has 0 aliphatic rings. The number of aliphatic hydroxyl groups excluding tert-OH is 1. The summed E-state index contributed by atoms with van der Waals surface area (Å²) >= 11 is 0. The van der Waals surface area contributed by atoms with Gasteiger partial charge in [0.15, 0.2) is 0 Å². The van der Waals surface area contributed by atoms with Gasteiger partial charge in [-0.25, -0.2) is 13.1 Å². The van der Waals surface area contributed by atoms with Crippen molar-refractivity contribution in [2.24, 2.45) is 0 Å². The van der Waals surface area contributed by atoms with Crippen molar-refractivity contribution in [1.29, 1.82) is 0 Å². The summed E-state index contributed by atoms with van der Waals surface area (Å²) < 4.78 is 31.0. The Bertz CT molecular complexity index is 561. The van der Waals surface area contributed by atoms with E-state index in [0.717, 1.165) is 0 Å². The van der Waals surface area contributed by atoms with Crippen molar-refractivity contribution in [3.05, 3.63) is 24.0 Å². The van der Waals surface area contributed by atoms with Crippen molar-refractivity contribution in [3.8, 4) is 11.8 Å². The summed E-state index contributed by atoms with van der Waals surface area (Å²) in [5, 5.41) is 8.61. The number of sulfonamides is 1. The first kappa shape index (κ1) is 15.6. The molecule has 7 heteroatoms. The summed E-state index contributed by atoms with van der Waals surface area (Å²) in [6, 6.07) is 1.44. The minimum atomic E-state index is -3.60. The number of rotatable bonds is 6. The Kier molecular flexibility index (Phi) is 6.45. The lowest BCUT2D eigenvalue weighted by Crippen LogP contribution is -2.27. The van der Waals surface area contributed by atoms with Gasteiger partial charge in [-0.2, -0.15) is 0 Å². The third-order valence-electron chi connectivity index (χ3n) is 2.09. The molecule has 0 unspecified atom stereocenters. The lowest BCUT2D eigenvalue weighted by Gasteiger charge is -2.05. The normalized spacial score (nSPS) is 10.8. The van der Waals surface area contributed by atoms with Crippen LogP contribution in [0.15, 0.2) is 23.4 Å². The number of ether oxygens (including phenoxy) is 1. The van der Waals surface area contributed by atoms with Gasteiger partial charge >= 0.3 is 0 Å². The minimum Gasteiger partial charge on any atom is -0.395 e. The first-order valence-electron chi connectivity index (χ1n) is 5.63. The van der Waals surface area contributed by atoms with Crippen LogP contribution in [0, 0.1) is 11.8 Å². The van der Waals surface area contributed by atoms with E-state index < -0.39 is 10.0 Å². The molecule has 1 aromatic rings. The van der Waals surface area contributed by atoms with E-state index in [4.69, 9.17) is 9.84 Å². The number of hydrogen-bond donors (Lipinski definition) is 2. The molecule has 0 aliphatic carbocycles. The highest BCUT2D eigenvalue weighted by atomic mass is 32.2. The molecule has 0 atom stereocenters. The lowest BCUT2D eigenvalue weighted by atomic mass is 10.3. The Hall–Kier alpha value is -1.46. The largest absolute Gasteiger partial charge is 0.395 e. The molecule has 0 fully saturated rings. The molecule has 0 saturated carbocycles. The van der Waals surface area contributed by atoms with Gasteiger partial charge in [0.25, 0.3) is 0 Å².